The van der Waals surface area contributed by atoms with Crippen molar-refractivity contribution < 1.29 is 47.4 Å². The van der Waals surface area contributed by atoms with Crippen molar-refractivity contribution >= 4 is 5.97 Å². The summed E-state index contributed by atoms with van der Waals surface area (Å²) in [6.07, 6.45) is -5.26. The van der Waals surface area contributed by atoms with Crippen LogP contribution in [0.4, 0.5) is 0 Å². The zero-order chi connectivity index (χ0) is 34.1. The van der Waals surface area contributed by atoms with E-state index in [4.69, 9.17) is 42.6 Å². The number of benzene rings is 4. The lowest BCUT2D eigenvalue weighted by Crippen LogP contribution is -2.62. The molecule has 50 heavy (non-hydrogen) atoms. The minimum absolute atomic E-state index is 0.0298. The van der Waals surface area contributed by atoms with Crippen molar-refractivity contribution in [1.29, 1.82) is 0 Å². The number of epoxide rings is 1. The van der Waals surface area contributed by atoms with Crippen LogP contribution in [0.2, 0.25) is 0 Å². The van der Waals surface area contributed by atoms with Gasteiger partial charge in [-0.15, -0.1) is 0 Å². The number of fused-ring (bicyclic) bond motifs is 1. The zero-order valence-corrected chi connectivity index (χ0v) is 27.9. The van der Waals surface area contributed by atoms with Gasteiger partial charge in [0.1, 0.15) is 49.3 Å². The Bertz CT molecular complexity index is 1610. The molecule has 10 heteroatoms. The first-order valence-corrected chi connectivity index (χ1v) is 17.0. The molecule has 3 saturated heterocycles. The molecule has 4 aromatic carbocycles. The summed E-state index contributed by atoms with van der Waals surface area (Å²) in [5, 5.41) is 0. The van der Waals surface area contributed by atoms with Crippen LogP contribution >= 0.6 is 0 Å². The van der Waals surface area contributed by atoms with E-state index in [1.807, 2.05) is 97.1 Å². The third-order valence-corrected chi connectivity index (χ3v) is 8.97. The third kappa shape index (κ3) is 8.66. The van der Waals surface area contributed by atoms with Crippen molar-refractivity contribution in [1.82, 2.24) is 0 Å². The molecule has 9 atom stereocenters. The fraction of sp³-hybridized carbons (Fsp3) is 0.375. The van der Waals surface area contributed by atoms with Gasteiger partial charge in [-0.2, -0.15) is 0 Å². The highest BCUT2D eigenvalue weighted by molar-refractivity contribution is 5.89. The zero-order valence-electron chi connectivity index (χ0n) is 27.9. The van der Waals surface area contributed by atoms with Crippen LogP contribution < -0.4 is 0 Å². The molecule has 3 aliphatic heterocycles. The highest BCUT2D eigenvalue weighted by atomic mass is 16.8. The first-order chi connectivity index (χ1) is 24.7. The Kier molecular flexibility index (Phi) is 11.6. The summed E-state index contributed by atoms with van der Waals surface area (Å²) >= 11 is 0. The Labute approximate surface area is 292 Å². The van der Waals surface area contributed by atoms with Crippen LogP contribution in [0.5, 0.6) is 0 Å². The molecule has 0 bridgehead atoms. The fourth-order valence-corrected chi connectivity index (χ4v) is 6.33. The van der Waals surface area contributed by atoms with Gasteiger partial charge in [-0.05, 0) is 28.8 Å². The van der Waals surface area contributed by atoms with E-state index in [1.54, 1.807) is 31.4 Å². The molecule has 3 aliphatic rings. The van der Waals surface area contributed by atoms with Crippen molar-refractivity contribution in [3.05, 3.63) is 144 Å². The van der Waals surface area contributed by atoms with E-state index in [1.165, 1.54) is 0 Å². The predicted octanol–water partition coefficient (Wildman–Crippen LogP) is 5.48. The number of methoxy groups -OCH3 is 1. The average molecular weight is 683 g/mol. The van der Waals surface area contributed by atoms with Gasteiger partial charge in [0.2, 0.25) is 0 Å². The number of ether oxygens (including phenoxy) is 9. The molecule has 0 spiro atoms. The molecule has 0 radical (unpaired) electrons. The smallest absolute Gasteiger partial charge is 0.338 e. The van der Waals surface area contributed by atoms with Crippen molar-refractivity contribution in [3.63, 3.8) is 0 Å². The van der Waals surface area contributed by atoms with Gasteiger partial charge in [-0.1, -0.05) is 109 Å². The summed E-state index contributed by atoms with van der Waals surface area (Å²) in [5.74, 6) is -0.425. The molecule has 0 saturated carbocycles. The van der Waals surface area contributed by atoms with Crippen molar-refractivity contribution in [2.24, 2.45) is 0 Å². The van der Waals surface area contributed by atoms with E-state index in [9.17, 15) is 4.79 Å². The van der Waals surface area contributed by atoms with Gasteiger partial charge in [0.25, 0.3) is 0 Å². The van der Waals surface area contributed by atoms with Crippen LogP contribution in [0.25, 0.3) is 0 Å². The van der Waals surface area contributed by atoms with E-state index in [0.717, 1.165) is 16.7 Å². The van der Waals surface area contributed by atoms with Crippen LogP contribution in [-0.2, 0) is 62.5 Å². The van der Waals surface area contributed by atoms with E-state index in [-0.39, 0.29) is 25.4 Å². The molecular weight excluding hydrogens is 640 g/mol. The van der Waals surface area contributed by atoms with E-state index in [0.29, 0.717) is 25.4 Å². The quantitative estimate of drug-likeness (QED) is 0.112. The van der Waals surface area contributed by atoms with E-state index in [2.05, 4.69) is 0 Å². The van der Waals surface area contributed by atoms with Crippen molar-refractivity contribution in [2.45, 2.75) is 75.1 Å². The summed E-state index contributed by atoms with van der Waals surface area (Å²) < 4.78 is 56.5. The Morgan fingerprint density at radius 2 is 1.10 bits per heavy atom. The molecular formula is C40H42O10. The SMILES string of the molecule is CO[C@H]1O[C@H](COCc2ccccc2)[C@@H](O[C@@H]2O[C@H](COC(=O)c3ccccc3)[C@@H]3O[C@H]23)[C@H](OCc2ccccc2)[C@H]1OCc1ccccc1. The van der Waals surface area contributed by atoms with Gasteiger partial charge in [0.05, 0.1) is 32.0 Å². The fourth-order valence-electron chi connectivity index (χ4n) is 6.33. The summed E-state index contributed by atoms with van der Waals surface area (Å²) in [5.41, 5.74) is 3.49. The summed E-state index contributed by atoms with van der Waals surface area (Å²) in [6, 6.07) is 38.6. The molecule has 10 nitrogen and oxygen atoms in total. The van der Waals surface area contributed by atoms with Crippen LogP contribution in [0.3, 0.4) is 0 Å². The van der Waals surface area contributed by atoms with E-state index < -0.39 is 49.1 Å². The molecule has 0 unspecified atom stereocenters. The normalized spacial score (nSPS) is 28.5. The molecule has 0 amide bonds. The number of hydrogen-bond acceptors (Lipinski definition) is 10. The maximum Gasteiger partial charge on any atom is 0.338 e. The summed E-state index contributed by atoms with van der Waals surface area (Å²) in [7, 11) is 1.59. The second-order valence-corrected chi connectivity index (χ2v) is 12.5. The lowest BCUT2D eigenvalue weighted by molar-refractivity contribution is -0.341. The van der Waals surface area contributed by atoms with Crippen LogP contribution in [0.1, 0.15) is 27.0 Å². The minimum Gasteiger partial charge on any atom is -0.459 e. The van der Waals surface area contributed by atoms with Crippen LogP contribution in [-0.4, -0.2) is 81.6 Å². The first kappa shape index (κ1) is 34.5. The van der Waals surface area contributed by atoms with E-state index >= 15 is 0 Å². The summed E-state index contributed by atoms with van der Waals surface area (Å²) in [4.78, 5) is 12.6. The Morgan fingerprint density at radius 3 is 1.70 bits per heavy atom. The maximum absolute atomic E-state index is 12.6. The van der Waals surface area contributed by atoms with Crippen molar-refractivity contribution in [3.8, 4) is 0 Å². The maximum atomic E-state index is 12.6. The molecule has 4 aromatic rings. The van der Waals surface area contributed by atoms with Gasteiger partial charge in [-0.25, -0.2) is 4.79 Å². The largest absolute Gasteiger partial charge is 0.459 e. The molecule has 0 aliphatic carbocycles. The van der Waals surface area contributed by atoms with Gasteiger partial charge < -0.3 is 42.6 Å². The van der Waals surface area contributed by atoms with Gasteiger partial charge in [-0.3, -0.25) is 0 Å². The minimum atomic E-state index is -0.774. The topological polar surface area (TPSA) is 103 Å². The standard InChI is InChI=1S/C40H42O10/c1-42-39-36(45-24-29-18-10-4-11-19-29)35(44-23-28-16-8-3-9-17-28)33(31(47-39)25-43-22-27-14-6-2-7-15-27)50-40-37-34(49-37)32(48-40)26-46-38(41)30-20-12-5-13-21-30/h2-21,31-37,39-40H,22-26H2,1H3/t31-,32-,33-,34+,35+,36-,37+,39+,40+/m1/s1. The monoisotopic (exact) mass is 682 g/mol. The molecule has 3 heterocycles. The molecule has 3 fully saturated rings. The second-order valence-electron chi connectivity index (χ2n) is 12.5. The highest BCUT2D eigenvalue weighted by Crippen LogP contribution is 2.42. The van der Waals surface area contributed by atoms with Crippen LogP contribution in [0.15, 0.2) is 121 Å². The van der Waals surface area contributed by atoms with Gasteiger partial charge in [0.15, 0.2) is 12.6 Å². The molecule has 0 aromatic heterocycles. The summed E-state index contributed by atoms with van der Waals surface area (Å²) in [6.45, 7) is 1.22. The lowest BCUT2D eigenvalue weighted by Gasteiger charge is -2.46. The Balaban J connectivity index is 1.10. The number of hydrogen-bond donors (Lipinski definition) is 0. The van der Waals surface area contributed by atoms with Crippen molar-refractivity contribution in [2.75, 3.05) is 20.3 Å². The average Bonchev–Trinajstić information content (AvgIpc) is 3.90. The van der Waals surface area contributed by atoms with Gasteiger partial charge >= 0.3 is 5.97 Å². The number of carbonyl (C=O) groups is 1. The number of carbonyl (C=O) groups excluding carboxylic acids is 1. The number of esters is 1. The lowest BCUT2D eigenvalue weighted by atomic mass is 9.97. The molecule has 7 rings (SSSR count). The first-order valence-electron chi connectivity index (χ1n) is 17.0. The second kappa shape index (κ2) is 16.8. The highest BCUT2D eigenvalue weighted by Gasteiger charge is 2.61. The Morgan fingerprint density at radius 1 is 0.560 bits per heavy atom. The molecule has 262 valence electrons. The third-order valence-electron chi connectivity index (χ3n) is 8.97. The van der Waals surface area contributed by atoms with Crippen LogP contribution in [0, 0.1) is 0 Å². The molecule has 0 N–H and O–H groups in total. The Hall–Kier alpha value is -3.97. The number of rotatable bonds is 16. The van der Waals surface area contributed by atoms with Gasteiger partial charge in [0, 0.05) is 7.11 Å². The predicted molar refractivity (Wildman–Crippen MR) is 181 cm³/mol.